The number of hydrogen-bond donors (Lipinski definition) is 3. The molecule has 0 bridgehead atoms. The van der Waals surface area contributed by atoms with Gasteiger partial charge >= 0.3 is 5.82 Å². The van der Waals surface area contributed by atoms with Crippen molar-refractivity contribution in [1.29, 1.82) is 0 Å². The molecule has 0 aromatic carbocycles. The summed E-state index contributed by atoms with van der Waals surface area (Å²) in [6, 6.07) is 6.69. The van der Waals surface area contributed by atoms with Gasteiger partial charge in [-0.1, -0.05) is 0 Å². The third kappa shape index (κ3) is 12.0. The maximum atomic E-state index is 10.9. The van der Waals surface area contributed by atoms with Crippen molar-refractivity contribution in [3.8, 4) is 0 Å². The Kier molecular flexibility index (Phi) is 10.8. The van der Waals surface area contributed by atoms with Crippen molar-refractivity contribution in [2.75, 3.05) is 53.5 Å². The Balaban J connectivity index is 0.000000323. The van der Waals surface area contributed by atoms with Crippen LogP contribution in [0.2, 0.25) is 0 Å². The van der Waals surface area contributed by atoms with Gasteiger partial charge in [-0.05, 0) is 47.0 Å². The van der Waals surface area contributed by atoms with Crippen LogP contribution in [0.25, 0.3) is 0 Å². The predicted octanol–water partition coefficient (Wildman–Crippen LogP) is 1.35. The molecule has 0 aliphatic heterocycles. The molecule has 0 atom stereocenters. The third-order valence-corrected chi connectivity index (χ3v) is 5.87. The molecule has 178 valence electrons. The van der Waals surface area contributed by atoms with Gasteiger partial charge in [0.2, 0.25) is 0 Å². The summed E-state index contributed by atoms with van der Waals surface area (Å²) < 4.78 is 43.4. The number of nitrogens with one attached hydrogen (secondary N) is 2. The number of sulfone groups is 2. The second-order valence-corrected chi connectivity index (χ2v) is 11.4. The van der Waals surface area contributed by atoms with Gasteiger partial charge in [0.25, 0.3) is 0 Å². The minimum Gasteiger partial charge on any atom is -0.382 e. The van der Waals surface area contributed by atoms with Crippen LogP contribution in [0.3, 0.4) is 0 Å². The van der Waals surface area contributed by atoms with Crippen molar-refractivity contribution in [2.45, 2.75) is 12.8 Å². The lowest BCUT2D eigenvalue weighted by atomic mass is 10.3. The van der Waals surface area contributed by atoms with Gasteiger partial charge in [0.15, 0.2) is 0 Å². The summed E-state index contributed by atoms with van der Waals surface area (Å²) in [6.45, 7) is 0.919. The molecular formula is C18H28N6O6S2. The van der Waals surface area contributed by atoms with Crippen LogP contribution in [0.15, 0.2) is 36.7 Å². The molecule has 0 aliphatic rings. The number of hydrogen-bond acceptors (Lipinski definition) is 11. The molecule has 0 saturated heterocycles. The highest BCUT2D eigenvalue weighted by atomic mass is 32.2. The number of rotatable bonds is 11. The summed E-state index contributed by atoms with van der Waals surface area (Å²) >= 11 is 0. The first kappa shape index (κ1) is 27.0. The molecule has 0 amide bonds. The first-order valence-corrected chi connectivity index (χ1v) is 13.6. The minimum absolute atomic E-state index is 0.0497. The van der Waals surface area contributed by atoms with Gasteiger partial charge in [-0.3, -0.25) is 0 Å². The number of nitrogens with two attached hydrogens (primary N) is 1. The lowest BCUT2D eigenvalue weighted by molar-refractivity contribution is -0.388. The normalized spacial score (nSPS) is 11.2. The summed E-state index contributed by atoms with van der Waals surface area (Å²) in [4.78, 5) is 17.6. The topological polar surface area (TPSA) is 187 Å². The minimum atomic E-state index is -2.99. The molecule has 0 radical (unpaired) electrons. The van der Waals surface area contributed by atoms with Gasteiger partial charge in [0.05, 0.1) is 17.2 Å². The molecule has 2 rings (SSSR count). The second-order valence-electron chi connectivity index (χ2n) is 6.89. The van der Waals surface area contributed by atoms with Crippen molar-refractivity contribution < 1.29 is 21.8 Å². The standard InChI is InChI=1S/C9H13N3O4S.C9H15N3O2S/c1-17(15,16)7-3-6-10-8-4-2-5-11-9(8)12(13)14;1-15(13,14)7-3-6-11-8-4-2-5-12-9(8)10/h2,4-5,10H,3,6-7H2,1H3;2,4-5,11H,3,6-7H2,1H3,(H2,10,12). The van der Waals surface area contributed by atoms with Crippen molar-refractivity contribution in [2.24, 2.45) is 0 Å². The van der Waals surface area contributed by atoms with Crippen LogP contribution in [-0.2, 0) is 19.7 Å². The highest BCUT2D eigenvalue weighted by Crippen LogP contribution is 2.19. The zero-order chi connectivity index (χ0) is 24.2. The Bertz CT molecular complexity index is 1090. The number of aromatic nitrogens is 2. The SMILES string of the molecule is CS(=O)(=O)CCCNc1cccnc1N.CS(=O)(=O)CCCNc1cccnc1[N+](=O)[O-]. The predicted molar refractivity (Wildman–Crippen MR) is 125 cm³/mol. The number of nitrogen functional groups attached to an aromatic ring is 1. The number of nitrogens with zero attached hydrogens (tertiary/aromatic N) is 3. The van der Waals surface area contributed by atoms with E-state index in [4.69, 9.17) is 5.73 Å². The molecule has 0 spiro atoms. The molecule has 32 heavy (non-hydrogen) atoms. The molecule has 0 aliphatic carbocycles. The number of nitro groups is 1. The van der Waals surface area contributed by atoms with Crippen LogP contribution in [0.1, 0.15) is 12.8 Å². The summed E-state index contributed by atoms with van der Waals surface area (Å²) in [5, 5.41) is 16.5. The fourth-order valence-corrected chi connectivity index (χ4v) is 3.70. The van der Waals surface area contributed by atoms with Crippen LogP contribution in [0.4, 0.5) is 23.0 Å². The van der Waals surface area contributed by atoms with E-state index < -0.39 is 24.6 Å². The van der Waals surface area contributed by atoms with E-state index in [9.17, 15) is 26.9 Å². The maximum Gasteiger partial charge on any atom is 0.386 e. The molecule has 0 saturated carbocycles. The van der Waals surface area contributed by atoms with E-state index in [2.05, 4.69) is 20.6 Å². The Labute approximate surface area is 187 Å². The Hall–Kier alpha value is -3.00. The largest absolute Gasteiger partial charge is 0.386 e. The van der Waals surface area contributed by atoms with E-state index in [0.717, 1.165) is 11.9 Å². The van der Waals surface area contributed by atoms with Gasteiger partial charge in [-0.2, -0.15) is 0 Å². The summed E-state index contributed by atoms with van der Waals surface area (Å²) in [6.07, 6.45) is 6.28. The van der Waals surface area contributed by atoms with Crippen molar-refractivity contribution in [3.63, 3.8) is 0 Å². The van der Waals surface area contributed by atoms with Crippen LogP contribution < -0.4 is 16.4 Å². The average molecular weight is 489 g/mol. The van der Waals surface area contributed by atoms with Crippen LogP contribution in [-0.4, -0.2) is 68.8 Å². The maximum absolute atomic E-state index is 10.9. The average Bonchev–Trinajstić information content (AvgIpc) is 2.69. The molecule has 2 heterocycles. The summed E-state index contributed by atoms with van der Waals surface area (Å²) in [5.41, 5.74) is 6.64. The van der Waals surface area contributed by atoms with Gasteiger partial charge in [0, 0.05) is 31.8 Å². The lowest BCUT2D eigenvalue weighted by Crippen LogP contribution is -2.10. The molecule has 2 aromatic heterocycles. The Morgan fingerprint density at radius 2 is 1.38 bits per heavy atom. The van der Waals surface area contributed by atoms with E-state index >= 15 is 0 Å². The molecule has 0 unspecified atom stereocenters. The van der Waals surface area contributed by atoms with Crippen molar-refractivity contribution in [1.82, 2.24) is 9.97 Å². The zero-order valence-corrected chi connectivity index (χ0v) is 19.5. The van der Waals surface area contributed by atoms with E-state index in [1.807, 2.05) is 6.07 Å². The zero-order valence-electron chi connectivity index (χ0n) is 17.9. The molecule has 0 fully saturated rings. The number of pyridine rings is 2. The molecular weight excluding hydrogens is 460 g/mol. The first-order chi connectivity index (χ1) is 14.9. The lowest BCUT2D eigenvalue weighted by Gasteiger charge is -2.07. The molecule has 14 heteroatoms. The summed E-state index contributed by atoms with van der Waals surface area (Å²) in [7, 11) is -5.87. The quantitative estimate of drug-likeness (QED) is 0.235. The van der Waals surface area contributed by atoms with Gasteiger partial charge < -0.3 is 26.5 Å². The van der Waals surface area contributed by atoms with E-state index in [-0.39, 0.29) is 17.3 Å². The smallest absolute Gasteiger partial charge is 0.382 e. The van der Waals surface area contributed by atoms with E-state index in [1.165, 1.54) is 18.5 Å². The van der Waals surface area contributed by atoms with E-state index in [1.54, 1.807) is 18.3 Å². The van der Waals surface area contributed by atoms with Crippen molar-refractivity contribution >= 4 is 42.7 Å². The monoisotopic (exact) mass is 488 g/mol. The van der Waals surface area contributed by atoms with Gasteiger partial charge in [0.1, 0.15) is 37.4 Å². The third-order valence-electron chi connectivity index (χ3n) is 3.81. The highest BCUT2D eigenvalue weighted by molar-refractivity contribution is 7.90. The highest BCUT2D eigenvalue weighted by Gasteiger charge is 2.13. The number of anilines is 3. The summed E-state index contributed by atoms with van der Waals surface area (Å²) in [5.74, 6) is 0.400. The van der Waals surface area contributed by atoms with Crippen molar-refractivity contribution in [3.05, 3.63) is 46.8 Å². The van der Waals surface area contributed by atoms with E-state index in [0.29, 0.717) is 37.4 Å². The molecule has 2 aromatic rings. The fraction of sp³-hybridized carbons (Fsp3) is 0.444. The van der Waals surface area contributed by atoms with Gasteiger partial charge in [-0.15, -0.1) is 0 Å². The Morgan fingerprint density at radius 1 is 0.906 bits per heavy atom. The fourth-order valence-electron chi connectivity index (χ4n) is 2.36. The van der Waals surface area contributed by atoms with Crippen LogP contribution in [0, 0.1) is 10.1 Å². The second kappa shape index (κ2) is 12.8. The first-order valence-electron chi connectivity index (χ1n) is 9.52. The Morgan fingerprint density at radius 3 is 1.84 bits per heavy atom. The van der Waals surface area contributed by atoms with Gasteiger partial charge in [-0.25, -0.2) is 21.8 Å². The van der Waals surface area contributed by atoms with Crippen LogP contribution >= 0.6 is 0 Å². The molecule has 12 nitrogen and oxygen atoms in total. The van der Waals surface area contributed by atoms with Crippen LogP contribution in [0.5, 0.6) is 0 Å². The molecule has 4 N–H and O–H groups in total.